The lowest BCUT2D eigenvalue weighted by Crippen LogP contribution is -2.26. The van der Waals surface area contributed by atoms with Gasteiger partial charge in [-0.2, -0.15) is 0 Å². The van der Waals surface area contributed by atoms with Crippen LogP contribution in [0.25, 0.3) is 0 Å². The van der Waals surface area contributed by atoms with Crippen LogP contribution in [-0.4, -0.2) is 29.0 Å². The van der Waals surface area contributed by atoms with Crippen molar-refractivity contribution >= 4 is 23.3 Å². The molecule has 5 nitrogen and oxygen atoms in total. The zero-order chi connectivity index (χ0) is 19.8. The molecule has 3 aromatic rings. The summed E-state index contributed by atoms with van der Waals surface area (Å²) in [5, 5.41) is 6.69. The van der Waals surface area contributed by atoms with E-state index >= 15 is 0 Å². The Labute approximate surface area is 168 Å². The van der Waals surface area contributed by atoms with E-state index in [0.29, 0.717) is 42.5 Å². The molecule has 0 aliphatic rings. The van der Waals surface area contributed by atoms with Gasteiger partial charge in [0.15, 0.2) is 0 Å². The van der Waals surface area contributed by atoms with E-state index in [1.165, 1.54) is 18.5 Å². The summed E-state index contributed by atoms with van der Waals surface area (Å²) in [5.41, 5.74) is 2.41. The highest BCUT2D eigenvalue weighted by molar-refractivity contribution is 6.30. The predicted molar refractivity (Wildman–Crippen MR) is 108 cm³/mol. The van der Waals surface area contributed by atoms with Gasteiger partial charge in [0, 0.05) is 24.2 Å². The monoisotopic (exact) mass is 398 g/mol. The molecule has 2 N–H and O–H groups in total. The van der Waals surface area contributed by atoms with Crippen molar-refractivity contribution in [3.05, 3.63) is 88.6 Å². The van der Waals surface area contributed by atoms with Crippen molar-refractivity contribution in [2.24, 2.45) is 0 Å². The first kappa shape index (κ1) is 19.8. The van der Waals surface area contributed by atoms with Gasteiger partial charge in [-0.15, -0.1) is 0 Å². The number of carbonyl (C=O) groups excluding carboxylic acids is 1. The molecular formula is C21H20ClFN4O. The highest BCUT2D eigenvalue weighted by atomic mass is 35.5. The van der Waals surface area contributed by atoms with Crippen LogP contribution < -0.4 is 10.6 Å². The Morgan fingerprint density at radius 1 is 0.929 bits per heavy atom. The number of hydrogen-bond acceptors (Lipinski definition) is 4. The highest BCUT2D eigenvalue weighted by Crippen LogP contribution is 2.10. The molecule has 144 valence electrons. The predicted octanol–water partition coefficient (Wildman–Crippen LogP) is 3.90. The van der Waals surface area contributed by atoms with Gasteiger partial charge < -0.3 is 10.6 Å². The Morgan fingerprint density at radius 3 is 2.29 bits per heavy atom. The molecule has 2 aromatic carbocycles. The summed E-state index contributed by atoms with van der Waals surface area (Å²) in [7, 11) is 0. The average Bonchev–Trinajstić information content (AvgIpc) is 2.71. The van der Waals surface area contributed by atoms with Crippen molar-refractivity contribution in [1.29, 1.82) is 0 Å². The molecule has 1 heterocycles. The minimum atomic E-state index is -0.252. The Kier molecular flexibility index (Phi) is 6.92. The van der Waals surface area contributed by atoms with Gasteiger partial charge in [0.25, 0.3) is 5.91 Å². The zero-order valence-corrected chi connectivity index (χ0v) is 15.9. The molecule has 0 fully saturated rings. The van der Waals surface area contributed by atoms with Gasteiger partial charge in [-0.3, -0.25) is 4.79 Å². The molecule has 7 heteroatoms. The second kappa shape index (κ2) is 9.80. The quantitative estimate of drug-likeness (QED) is 0.604. The van der Waals surface area contributed by atoms with Crippen molar-refractivity contribution in [3.8, 4) is 0 Å². The number of nitrogens with zero attached hydrogens (tertiary/aromatic N) is 2. The molecule has 0 radical (unpaired) electrons. The van der Waals surface area contributed by atoms with Gasteiger partial charge in [0.1, 0.15) is 23.7 Å². The minimum absolute atomic E-state index is 0.251. The molecule has 0 spiro atoms. The molecular weight excluding hydrogens is 379 g/mol. The smallest absolute Gasteiger partial charge is 0.270 e. The second-order valence-corrected chi connectivity index (χ2v) is 6.66. The molecule has 1 aromatic heterocycles. The fourth-order valence-electron chi connectivity index (χ4n) is 2.63. The number of nitrogens with one attached hydrogen (secondary N) is 2. The lowest BCUT2D eigenvalue weighted by molar-refractivity contribution is 0.0949. The Hall–Kier alpha value is -2.99. The van der Waals surface area contributed by atoms with E-state index in [0.717, 1.165) is 11.1 Å². The van der Waals surface area contributed by atoms with E-state index in [2.05, 4.69) is 20.6 Å². The van der Waals surface area contributed by atoms with Gasteiger partial charge in [-0.25, -0.2) is 14.4 Å². The van der Waals surface area contributed by atoms with Crippen LogP contribution in [0.5, 0.6) is 0 Å². The number of hydrogen-bond donors (Lipinski definition) is 2. The standard InChI is InChI=1S/C21H20ClFN4O/c22-17-5-1-15(2-6-17)10-12-25-21(28)19-13-20(27-14-26-19)24-11-9-16-3-7-18(23)8-4-16/h1-8,13-14H,9-12H2,(H,25,28)(H,24,26,27). The average molecular weight is 399 g/mol. The van der Waals surface area contributed by atoms with Gasteiger partial charge >= 0.3 is 0 Å². The summed E-state index contributed by atoms with van der Waals surface area (Å²) in [4.78, 5) is 20.4. The van der Waals surface area contributed by atoms with Crippen LogP contribution in [0.1, 0.15) is 21.6 Å². The topological polar surface area (TPSA) is 66.9 Å². The van der Waals surface area contributed by atoms with E-state index in [4.69, 9.17) is 11.6 Å². The Bertz CT molecular complexity index is 916. The maximum atomic E-state index is 12.9. The van der Waals surface area contributed by atoms with E-state index in [9.17, 15) is 9.18 Å². The third-order valence-corrected chi connectivity index (χ3v) is 4.40. The lowest BCUT2D eigenvalue weighted by atomic mass is 10.1. The first-order valence-electron chi connectivity index (χ1n) is 8.93. The van der Waals surface area contributed by atoms with Gasteiger partial charge in [0.2, 0.25) is 0 Å². The number of aromatic nitrogens is 2. The van der Waals surface area contributed by atoms with E-state index in [1.54, 1.807) is 18.2 Å². The van der Waals surface area contributed by atoms with Crippen molar-refractivity contribution in [1.82, 2.24) is 15.3 Å². The maximum Gasteiger partial charge on any atom is 0.270 e. The molecule has 28 heavy (non-hydrogen) atoms. The van der Waals surface area contributed by atoms with Crippen LogP contribution in [0, 0.1) is 5.82 Å². The minimum Gasteiger partial charge on any atom is -0.370 e. The largest absolute Gasteiger partial charge is 0.370 e. The first-order valence-corrected chi connectivity index (χ1v) is 9.31. The number of halogens is 2. The van der Waals surface area contributed by atoms with Crippen LogP contribution in [0.15, 0.2) is 60.9 Å². The van der Waals surface area contributed by atoms with Gasteiger partial charge in [-0.1, -0.05) is 35.9 Å². The Balaban J connectivity index is 1.46. The van der Waals surface area contributed by atoms with Crippen molar-refractivity contribution in [2.75, 3.05) is 18.4 Å². The molecule has 0 bridgehead atoms. The lowest BCUT2D eigenvalue weighted by Gasteiger charge is -2.08. The van der Waals surface area contributed by atoms with Crippen molar-refractivity contribution in [3.63, 3.8) is 0 Å². The van der Waals surface area contributed by atoms with Crippen molar-refractivity contribution < 1.29 is 9.18 Å². The molecule has 0 aliphatic carbocycles. The van der Waals surface area contributed by atoms with E-state index in [-0.39, 0.29) is 11.7 Å². The molecule has 0 atom stereocenters. The number of anilines is 1. The molecule has 1 amide bonds. The van der Waals surface area contributed by atoms with Crippen LogP contribution in [-0.2, 0) is 12.8 Å². The highest BCUT2D eigenvalue weighted by Gasteiger charge is 2.08. The molecule has 3 rings (SSSR count). The summed E-state index contributed by atoms with van der Waals surface area (Å²) in [6.07, 6.45) is 2.78. The summed E-state index contributed by atoms with van der Waals surface area (Å²) in [6, 6.07) is 15.5. The summed E-state index contributed by atoms with van der Waals surface area (Å²) >= 11 is 5.86. The fourth-order valence-corrected chi connectivity index (χ4v) is 2.75. The van der Waals surface area contributed by atoms with Crippen LogP contribution >= 0.6 is 11.6 Å². The van der Waals surface area contributed by atoms with E-state index < -0.39 is 0 Å². The number of amides is 1. The molecule has 0 aliphatic heterocycles. The first-order chi connectivity index (χ1) is 13.6. The van der Waals surface area contributed by atoms with Gasteiger partial charge in [-0.05, 0) is 48.2 Å². The number of rotatable bonds is 8. The SMILES string of the molecule is O=C(NCCc1ccc(Cl)cc1)c1cc(NCCc2ccc(F)cc2)ncn1. The summed E-state index contributed by atoms with van der Waals surface area (Å²) in [5.74, 6) is 0.0668. The van der Waals surface area contributed by atoms with Crippen LogP contribution in [0.3, 0.4) is 0 Å². The number of benzene rings is 2. The summed E-state index contributed by atoms with van der Waals surface area (Å²) < 4.78 is 12.9. The van der Waals surface area contributed by atoms with Crippen LogP contribution in [0.2, 0.25) is 5.02 Å². The number of carbonyl (C=O) groups is 1. The maximum absolute atomic E-state index is 12.9. The zero-order valence-electron chi connectivity index (χ0n) is 15.2. The normalized spacial score (nSPS) is 10.5. The molecule has 0 unspecified atom stereocenters. The summed E-state index contributed by atoms with van der Waals surface area (Å²) in [6.45, 7) is 1.11. The Morgan fingerprint density at radius 2 is 1.57 bits per heavy atom. The van der Waals surface area contributed by atoms with Gasteiger partial charge in [0.05, 0.1) is 0 Å². The third-order valence-electron chi connectivity index (χ3n) is 4.15. The molecule has 0 saturated heterocycles. The second-order valence-electron chi connectivity index (χ2n) is 6.22. The molecule has 0 saturated carbocycles. The van der Waals surface area contributed by atoms with Crippen LogP contribution in [0.4, 0.5) is 10.2 Å². The van der Waals surface area contributed by atoms with E-state index in [1.807, 2.05) is 24.3 Å². The van der Waals surface area contributed by atoms with Crippen molar-refractivity contribution in [2.45, 2.75) is 12.8 Å². The third kappa shape index (κ3) is 6.03. The fraction of sp³-hybridized carbons (Fsp3) is 0.190.